The van der Waals surface area contributed by atoms with Crippen LogP contribution < -0.4 is 0 Å². The average Bonchev–Trinajstić information content (AvgIpc) is 1.87. The molecule has 0 unspecified atom stereocenters. The molecule has 0 radical (unpaired) electrons. The molecule has 0 atom stereocenters. The minimum Gasteiger partial charge on any atom is -0.489 e. The molecule has 0 aliphatic heterocycles. The van der Waals surface area contributed by atoms with Gasteiger partial charge in [0.2, 0.25) is 9.76 Å². The van der Waals surface area contributed by atoms with Gasteiger partial charge in [-0.2, -0.15) is 0 Å². The Morgan fingerprint density at radius 3 is 2.80 bits per heavy atom. The Kier molecular flexibility index (Phi) is 7.23. The highest BCUT2D eigenvalue weighted by molar-refractivity contribution is 7.80. The number of hydrogen-bond acceptors (Lipinski definition) is 3. The number of thiocarbonyl (C=S) groups is 1. The molecular weight excluding hydrogens is 164 g/mol. The van der Waals surface area contributed by atoms with Crippen molar-refractivity contribution >= 4 is 27.0 Å². The first-order valence-electron chi connectivity index (χ1n) is 3.48. The van der Waals surface area contributed by atoms with Gasteiger partial charge in [-0.25, -0.2) is 0 Å². The van der Waals surface area contributed by atoms with Crippen molar-refractivity contribution in [1.29, 1.82) is 0 Å². The Labute approximate surface area is 69.8 Å². The number of hydrogen-bond donors (Lipinski definition) is 0. The van der Waals surface area contributed by atoms with Crippen LogP contribution in [0.4, 0.5) is 0 Å². The van der Waals surface area contributed by atoms with Gasteiger partial charge in [-0.1, -0.05) is 6.92 Å². The van der Waals surface area contributed by atoms with Gasteiger partial charge in [-0.3, -0.25) is 0 Å². The van der Waals surface area contributed by atoms with E-state index >= 15 is 0 Å². The molecule has 0 rings (SSSR count). The lowest BCUT2D eigenvalue weighted by Crippen LogP contribution is -2.10. The number of rotatable bonds is 5. The SMILES string of the molecule is CCCO[SiH2]COC(C)=S. The summed E-state index contributed by atoms with van der Waals surface area (Å²) in [7, 11) is -0.452. The van der Waals surface area contributed by atoms with E-state index in [1.54, 1.807) is 6.92 Å². The zero-order valence-electron chi connectivity index (χ0n) is 6.55. The summed E-state index contributed by atoms with van der Waals surface area (Å²) < 4.78 is 10.3. The molecule has 4 heteroatoms. The third-order valence-corrected chi connectivity index (χ3v) is 1.95. The maximum atomic E-state index is 5.29. The fraction of sp³-hybridized carbons (Fsp3) is 0.833. The van der Waals surface area contributed by atoms with Crippen molar-refractivity contribution in [2.45, 2.75) is 20.3 Å². The Morgan fingerprint density at radius 1 is 1.60 bits per heavy atom. The molecule has 0 heterocycles. The summed E-state index contributed by atoms with van der Waals surface area (Å²) in [5, 5.41) is 0.618. The van der Waals surface area contributed by atoms with Gasteiger partial charge < -0.3 is 9.16 Å². The van der Waals surface area contributed by atoms with E-state index in [0.717, 1.165) is 19.3 Å². The van der Waals surface area contributed by atoms with E-state index < -0.39 is 9.76 Å². The topological polar surface area (TPSA) is 18.5 Å². The van der Waals surface area contributed by atoms with Crippen molar-refractivity contribution < 1.29 is 9.16 Å². The molecule has 0 saturated carbocycles. The molecule has 0 N–H and O–H groups in total. The summed E-state index contributed by atoms with van der Waals surface area (Å²) in [6.07, 6.45) is 1.80. The molecule has 0 fully saturated rings. The normalized spacial score (nSPS) is 10.6. The van der Waals surface area contributed by atoms with Crippen LogP contribution in [0.25, 0.3) is 0 Å². The van der Waals surface area contributed by atoms with E-state index in [0.29, 0.717) is 5.05 Å². The molecular formula is C6H14O2SSi. The first-order valence-corrected chi connectivity index (χ1v) is 5.47. The van der Waals surface area contributed by atoms with Crippen molar-refractivity contribution in [3.63, 3.8) is 0 Å². The van der Waals surface area contributed by atoms with E-state index in [9.17, 15) is 0 Å². The molecule has 0 aromatic rings. The summed E-state index contributed by atoms with van der Waals surface area (Å²) >= 11 is 4.72. The quantitative estimate of drug-likeness (QED) is 0.353. The summed E-state index contributed by atoms with van der Waals surface area (Å²) in [5.74, 6) is 0. The van der Waals surface area contributed by atoms with Gasteiger partial charge in [-0.15, -0.1) is 0 Å². The third kappa shape index (κ3) is 8.07. The second-order valence-corrected chi connectivity index (χ2v) is 3.75. The van der Waals surface area contributed by atoms with Crippen LogP contribution in [0.5, 0.6) is 0 Å². The average molecular weight is 178 g/mol. The Hall–Kier alpha value is 0.0669. The molecule has 60 valence electrons. The minimum absolute atomic E-state index is 0.452. The lowest BCUT2D eigenvalue weighted by molar-refractivity contribution is 0.297. The van der Waals surface area contributed by atoms with Crippen LogP contribution in [0.3, 0.4) is 0 Å². The number of ether oxygens (including phenoxy) is 1. The van der Waals surface area contributed by atoms with Gasteiger partial charge in [0.25, 0.3) is 0 Å². The fourth-order valence-electron chi connectivity index (χ4n) is 0.491. The fourth-order valence-corrected chi connectivity index (χ4v) is 1.72. The van der Waals surface area contributed by atoms with E-state index in [4.69, 9.17) is 21.4 Å². The van der Waals surface area contributed by atoms with Crippen molar-refractivity contribution in [2.24, 2.45) is 0 Å². The molecule has 2 nitrogen and oxygen atoms in total. The highest BCUT2D eigenvalue weighted by Crippen LogP contribution is 1.81. The highest BCUT2D eigenvalue weighted by atomic mass is 32.1. The molecule has 0 aromatic carbocycles. The van der Waals surface area contributed by atoms with Crippen LogP contribution in [0.1, 0.15) is 20.3 Å². The largest absolute Gasteiger partial charge is 0.489 e. The van der Waals surface area contributed by atoms with Gasteiger partial charge in [0.15, 0.2) is 5.05 Å². The van der Waals surface area contributed by atoms with Gasteiger partial charge >= 0.3 is 0 Å². The Balaban J connectivity index is 2.84. The second-order valence-electron chi connectivity index (χ2n) is 1.95. The molecule has 0 aromatic heterocycles. The van der Waals surface area contributed by atoms with Gasteiger partial charge in [0.1, 0.15) is 0 Å². The zero-order valence-corrected chi connectivity index (χ0v) is 8.78. The third-order valence-electron chi connectivity index (χ3n) is 0.881. The highest BCUT2D eigenvalue weighted by Gasteiger charge is 1.89. The van der Waals surface area contributed by atoms with Crippen LogP contribution in [-0.2, 0) is 9.16 Å². The van der Waals surface area contributed by atoms with Gasteiger partial charge in [0.05, 0.1) is 6.23 Å². The monoisotopic (exact) mass is 178 g/mol. The van der Waals surface area contributed by atoms with Crippen molar-refractivity contribution in [3.05, 3.63) is 0 Å². The lowest BCUT2D eigenvalue weighted by Gasteiger charge is -2.02. The summed E-state index contributed by atoms with van der Waals surface area (Å²) in [6, 6.07) is 0. The van der Waals surface area contributed by atoms with E-state index in [1.165, 1.54) is 0 Å². The Morgan fingerprint density at radius 2 is 2.30 bits per heavy atom. The van der Waals surface area contributed by atoms with Gasteiger partial charge in [-0.05, 0) is 18.6 Å². The molecule has 0 saturated heterocycles. The zero-order chi connectivity index (χ0) is 7.82. The summed E-state index contributed by atoms with van der Waals surface area (Å²) in [5.41, 5.74) is 0. The first-order chi connectivity index (χ1) is 4.77. The lowest BCUT2D eigenvalue weighted by atomic mass is 10.5. The van der Waals surface area contributed by atoms with Crippen molar-refractivity contribution in [2.75, 3.05) is 12.8 Å². The minimum atomic E-state index is -0.452. The molecule has 0 bridgehead atoms. The summed E-state index contributed by atoms with van der Waals surface area (Å²) in [4.78, 5) is 0. The maximum Gasteiger partial charge on any atom is 0.201 e. The van der Waals surface area contributed by atoms with Crippen LogP contribution in [0.2, 0.25) is 0 Å². The van der Waals surface area contributed by atoms with Gasteiger partial charge in [0, 0.05) is 13.5 Å². The second kappa shape index (κ2) is 7.18. The van der Waals surface area contributed by atoms with E-state index in [1.807, 2.05) is 0 Å². The smallest absolute Gasteiger partial charge is 0.201 e. The van der Waals surface area contributed by atoms with Crippen molar-refractivity contribution in [3.8, 4) is 0 Å². The van der Waals surface area contributed by atoms with Crippen LogP contribution in [0, 0.1) is 0 Å². The molecule has 10 heavy (non-hydrogen) atoms. The molecule has 0 amide bonds. The first kappa shape index (κ1) is 10.1. The van der Waals surface area contributed by atoms with Crippen LogP contribution >= 0.6 is 12.2 Å². The van der Waals surface area contributed by atoms with E-state index in [-0.39, 0.29) is 0 Å². The summed E-state index contributed by atoms with van der Waals surface area (Å²) in [6.45, 7) is 4.75. The van der Waals surface area contributed by atoms with Crippen LogP contribution in [0.15, 0.2) is 0 Å². The molecule has 0 aliphatic carbocycles. The standard InChI is InChI=1S/C6H14O2SSi/c1-3-4-8-10-5-7-6(2)9/h3-5,10H2,1-2H3. The van der Waals surface area contributed by atoms with E-state index in [2.05, 4.69) is 6.92 Å². The Bertz CT molecular complexity index is 97.7. The molecule has 0 aliphatic rings. The molecule has 0 spiro atoms. The maximum absolute atomic E-state index is 5.29. The predicted molar refractivity (Wildman–Crippen MR) is 49.0 cm³/mol. The van der Waals surface area contributed by atoms with Crippen LogP contribution in [-0.4, -0.2) is 27.7 Å². The van der Waals surface area contributed by atoms with Crippen molar-refractivity contribution in [1.82, 2.24) is 0 Å². The predicted octanol–water partition coefficient (Wildman–Crippen LogP) is 0.818.